The number of nitrogens with zero attached hydrogens (tertiary/aromatic N) is 1. The van der Waals surface area contributed by atoms with Gasteiger partial charge in [0.15, 0.2) is 0 Å². The summed E-state index contributed by atoms with van der Waals surface area (Å²) >= 11 is 0. The number of amides is 3. The smallest absolute Gasteiger partial charge is 0.336 e. The molecule has 0 saturated carbocycles. The van der Waals surface area contributed by atoms with Crippen molar-refractivity contribution in [1.29, 1.82) is 0 Å². The number of imide groups is 1. The highest BCUT2D eigenvalue weighted by Crippen LogP contribution is 2.26. The molecular weight excluding hydrogens is 396 g/mol. The average molecular weight is 414 g/mol. The number of benzene rings is 3. The Hall–Kier alpha value is -4.26. The van der Waals surface area contributed by atoms with Crippen LogP contribution in [-0.4, -0.2) is 33.7 Å². The number of carbonyl (C=O) groups is 4. The van der Waals surface area contributed by atoms with E-state index >= 15 is 0 Å². The average Bonchev–Trinajstić information content (AvgIpc) is 3.00. The summed E-state index contributed by atoms with van der Waals surface area (Å²) in [5.41, 5.74) is 2.31. The fourth-order valence-corrected chi connectivity index (χ4v) is 3.54. The van der Waals surface area contributed by atoms with Gasteiger partial charge in [0.1, 0.15) is 0 Å². The molecule has 154 valence electrons. The Labute approximate surface area is 177 Å². The predicted molar refractivity (Wildman–Crippen MR) is 113 cm³/mol. The van der Waals surface area contributed by atoms with Crippen LogP contribution in [0.1, 0.15) is 52.6 Å². The van der Waals surface area contributed by atoms with E-state index in [1.807, 2.05) is 30.3 Å². The van der Waals surface area contributed by atoms with Crippen LogP contribution in [0, 0.1) is 6.92 Å². The van der Waals surface area contributed by atoms with Gasteiger partial charge in [-0.2, -0.15) is 0 Å². The van der Waals surface area contributed by atoms with Crippen LogP contribution in [0.25, 0.3) is 0 Å². The lowest BCUT2D eigenvalue weighted by Gasteiger charge is -2.13. The molecule has 3 aromatic carbocycles. The van der Waals surface area contributed by atoms with Crippen LogP contribution >= 0.6 is 0 Å². The molecule has 3 aromatic rings. The van der Waals surface area contributed by atoms with E-state index in [-0.39, 0.29) is 28.8 Å². The van der Waals surface area contributed by atoms with Crippen LogP contribution in [0.15, 0.2) is 66.7 Å². The zero-order valence-corrected chi connectivity index (χ0v) is 16.6. The maximum absolute atomic E-state index is 12.8. The van der Waals surface area contributed by atoms with Crippen molar-refractivity contribution in [3.63, 3.8) is 0 Å². The minimum Gasteiger partial charge on any atom is -0.478 e. The molecule has 1 aliphatic rings. The van der Waals surface area contributed by atoms with Gasteiger partial charge < -0.3 is 10.4 Å². The van der Waals surface area contributed by atoms with Gasteiger partial charge in [-0.05, 0) is 48.4 Å². The van der Waals surface area contributed by atoms with Crippen LogP contribution in [0.5, 0.6) is 0 Å². The fourth-order valence-electron chi connectivity index (χ4n) is 3.54. The number of hydrogen-bond donors (Lipinski definition) is 2. The summed E-state index contributed by atoms with van der Waals surface area (Å²) in [5, 5.41) is 11.9. The Morgan fingerprint density at radius 2 is 1.61 bits per heavy atom. The number of rotatable bonds is 5. The Balaban J connectivity index is 1.58. The summed E-state index contributed by atoms with van der Waals surface area (Å²) < 4.78 is 0. The first-order chi connectivity index (χ1) is 14.9. The molecule has 0 bridgehead atoms. The van der Waals surface area contributed by atoms with Gasteiger partial charge in [0.2, 0.25) is 0 Å². The van der Waals surface area contributed by atoms with E-state index in [0.29, 0.717) is 11.3 Å². The maximum atomic E-state index is 12.8. The van der Waals surface area contributed by atoms with Gasteiger partial charge in [0.25, 0.3) is 17.7 Å². The quantitative estimate of drug-likeness (QED) is 0.619. The largest absolute Gasteiger partial charge is 0.478 e. The third-order valence-corrected chi connectivity index (χ3v) is 5.23. The normalized spacial score (nSPS) is 12.6. The van der Waals surface area contributed by atoms with E-state index in [9.17, 15) is 24.3 Å². The molecule has 1 heterocycles. The van der Waals surface area contributed by atoms with Gasteiger partial charge in [-0.25, -0.2) is 4.79 Å². The van der Waals surface area contributed by atoms with Crippen molar-refractivity contribution in [2.45, 2.75) is 13.5 Å². The lowest BCUT2D eigenvalue weighted by molar-refractivity contribution is 0.0639. The van der Waals surface area contributed by atoms with E-state index in [1.54, 1.807) is 19.1 Å². The highest BCUT2D eigenvalue weighted by molar-refractivity contribution is 6.22. The third-order valence-electron chi connectivity index (χ3n) is 5.23. The van der Waals surface area contributed by atoms with E-state index in [1.165, 1.54) is 24.3 Å². The molecule has 2 N–H and O–H groups in total. The third kappa shape index (κ3) is 3.69. The molecule has 0 atom stereocenters. The van der Waals surface area contributed by atoms with E-state index < -0.39 is 23.7 Å². The second-order valence-corrected chi connectivity index (χ2v) is 7.18. The molecule has 1 aliphatic heterocycles. The molecule has 3 amide bonds. The van der Waals surface area contributed by atoms with Crippen molar-refractivity contribution in [3.05, 3.63) is 100 Å². The molecule has 7 heteroatoms. The molecule has 0 aliphatic carbocycles. The topological polar surface area (TPSA) is 104 Å². The van der Waals surface area contributed by atoms with E-state index in [4.69, 9.17) is 0 Å². The predicted octanol–water partition coefficient (Wildman–Crippen LogP) is 3.74. The lowest BCUT2D eigenvalue weighted by Crippen LogP contribution is -2.29. The Kier molecular flexibility index (Phi) is 5.09. The standard InChI is InChI=1S/C24H18N2O5/c1-14-17(24(30)31)8-5-9-20(14)25-21(27)16-10-11-18-19(12-16)23(29)26(22(18)28)13-15-6-3-2-4-7-15/h2-12H,13H2,1H3,(H,25,27)(H,30,31). The summed E-state index contributed by atoms with van der Waals surface area (Å²) in [7, 11) is 0. The molecule has 31 heavy (non-hydrogen) atoms. The zero-order chi connectivity index (χ0) is 22.1. The van der Waals surface area contributed by atoms with Crippen molar-refractivity contribution in [2.24, 2.45) is 0 Å². The van der Waals surface area contributed by atoms with Crippen LogP contribution in [0.4, 0.5) is 5.69 Å². The van der Waals surface area contributed by atoms with Gasteiger partial charge in [-0.15, -0.1) is 0 Å². The second kappa shape index (κ2) is 7.87. The maximum Gasteiger partial charge on any atom is 0.336 e. The van der Waals surface area contributed by atoms with Crippen molar-refractivity contribution in [1.82, 2.24) is 4.90 Å². The Morgan fingerprint density at radius 3 is 2.32 bits per heavy atom. The number of hydrogen-bond acceptors (Lipinski definition) is 4. The first kappa shape index (κ1) is 20.0. The highest BCUT2D eigenvalue weighted by atomic mass is 16.4. The number of carbonyl (C=O) groups excluding carboxylic acids is 3. The highest BCUT2D eigenvalue weighted by Gasteiger charge is 2.36. The van der Waals surface area contributed by atoms with Gasteiger partial charge in [0, 0.05) is 11.3 Å². The minimum atomic E-state index is -1.09. The monoisotopic (exact) mass is 414 g/mol. The Morgan fingerprint density at radius 1 is 0.903 bits per heavy atom. The van der Waals surface area contributed by atoms with Crippen LogP contribution < -0.4 is 5.32 Å². The molecular formula is C24H18N2O5. The van der Waals surface area contributed by atoms with Crippen LogP contribution in [0.3, 0.4) is 0 Å². The number of carboxylic acid groups (broad SMARTS) is 1. The number of fused-ring (bicyclic) bond motifs is 1. The summed E-state index contributed by atoms with van der Waals surface area (Å²) in [6.45, 7) is 1.75. The number of aromatic carboxylic acids is 1. The summed E-state index contributed by atoms with van der Waals surface area (Å²) in [6, 6.07) is 18.1. The number of anilines is 1. The van der Waals surface area contributed by atoms with Crippen LogP contribution in [0.2, 0.25) is 0 Å². The molecule has 0 unspecified atom stereocenters. The Bertz CT molecular complexity index is 1230. The van der Waals surface area contributed by atoms with Crippen molar-refractivity contribution in [2.75, 3.05) is 5.32 Å². The van der Waals surface area contributed by atoms with Gasteiger partial charge in [0.05, 0.1) is 23.2 Å². The van der Waals surface area contributed by atoms with E-state index in [0.717, 1.165) is 10.5 Å². The first-order valence-corrected chi connectivity index (χ1v) is 9.55. The van der Waals surface area contributed by atoms with Gasteiger partial charge in [-0.3, -0.25) is 19.3 Å². The molecule has 0 aromatic heterocycles. The molecule has 0 saturated heterocycles. The zero-order valence-electron chi connectivity index (χ0n) is 16.6. The second-order valence-electron chi connectivity index (χ2n) is 7.18. The summed E-state index contributed by atoms with van der Waals surface area (Å²) in [4.78, 5) is 50.7. The molecule has 0 spiro atoms. The van der Waals surface area contributed by atoms with Crippen molar-refractivity contribution in [3.8, 4) is 0 Å². The van der Waals surface area contributed by atoms with E-state index in [2.05, 4.69) is 5.32 Å². The lowest BCUT2D eigenvalue weighted by atomic mass is 10.0. The molecule has 0 fully saturated rings. The SMILES string of the molecule is Cc1c(NC(=O)c2ccc3c(c2)C(=O)N(Cc2ccccc2)C3=O)cccc1C(=O)O. The summed E-state index contributed by atoms with van der Waals surface area (Å²) in [5.74, 6) is -2.45. The molecule has 4 rings (SSSR count). The summed E-state index contributed by atoms with van der Waals surface area (Å²) in [6.07, 6.45) is 0. The minimum absolute atomic E-state index is 0.0871. The van der Waals surface area contributed by atoms with Crippen molar-refractivity contribution >= 4 is 29.4 Å². The van der Waals surface area contributed by atoms with Crippen molar-refractivity contribution < 1.29 is 24.3 Å². The fraction of sp³-hybridized carbons (Fsp3) is 0.0833. The van der Waals surface area contributed by atoms with Crippen LogP contribution in [-0.2, 0) is 6.54 Å². The van der Waals surface area contributed by atoms with Gasteiger partial charge >= 0.3 is 5.97 Å². The number of carboxylic acids is 1. The molecule has 0 radical (unpaired) electrons. The molecule has 7 nitrogen and oxygen atoms in total. The first-order valence-electron chi connectivity index (χ1n) is 9.55. The van der Waals surface area contributed by atoms with Gasteiger partial charge in [-0.1, -0.05) is 36.4 Å². The number of nitrogens with one attached hydrogen (secondary N) is 1.